The van der Waals surface area contributed by atoms with Gasteiger partial charge >= 0.3 is 0 Å². The molecule has 0 spiro atoms. The average molecular weight is 283 g/mol. The predicted octanol–water partition coefficient (Wildman–Crippen LogP) is 3.69. The molecule has 1 aromatic heterocycles. The average Bonchev–Trinajstić information content (AvgIpc) is 2.45. The van der Waals surface area contributed by atoms with Crippen molar-refractivity contribution in [2.45, 2.75) is 65.2 Å². The highest BCUT2D eigenvalue weighted by Gasteiger charge is 2.60. The smallest absolute Gasteiger partial charge is 0.199 e. The minimum absolute atomic E-state index is 0.333. The van der Waals surface area contributed by atoms with Gasteiger partial charge in [-0.25, -0.2) is 0 Å². The molecule has 21 heavy (non-hydrogen) atoms. The second-order valence-corrected chi connectivity index (χ2v) is 9.28. The molecule has 112 valence electrons. The minimum atomic E-state index is 0.333. The number of nitrogens with zero attached hydrogens (tertiary/aromatic N) is 1. The molecule has 6 aliphatic carbocycles. The third-order valence-electron chi connectivity index (χ3n) is 7.98. The van der Waals surface area contributed by atoms with Crippen LogP contribution < -0.4 is 4.73 Å². The molecule has 0 radical (unpaired) electrons. The number of hydrogen-bond acceptors (Lipinski definition) is 1. The molecular weight excluding hydrogens is 258 g/mol. The van der Waals surface area contributed by atoms with Crippen LogP contribution in [0.1, 0.15) is 74.9 Å². The van der Waals surface area contributed by atoms with Crippen LogP contribution in [0, 0.1) is 27.9 Å². The van der Waals surface area contributed by atoms with Crippen LogP contribution in [-0.2, 0) is 12.8 Å². The van der Waals surface area contributed by atoms with E-state index in [1.54, 1.807) is 0 Å². The number of pyridine rings is 1. The molecular formula is C19H25NO. The van der Waals surface area contributed by atoms with Gasteiger partial charge in [0.15, 0.2) is 11.4 Å². The molecule has 0 N–H and O–H groups in total. The molecule has 4 bridgehead atoms. The Labute approximate surface area is 127 Å². The van der Waals surface area contributed by atoms with Crippen LogP contribution in [0.5, 0.6) is 0 Å². The SMILES string of the molecule is CC1(C)[C@H]2Cc3cc4c([n+]([O-])c3[C@@H]1C2)[C@@H]1C[C@H](C4)C1(C)C. The molecule has 2 heteroatoms. The van der Waals surface area contributed by atoms with Gasteiger partial charge in [-0.3, -0.25) is 0 Å². The first-order valence-corrected chi connectivity index (χ1v) is 8.60. The highest BCUT2D eigenvalue weighted by molar-refractivity contribution is 5.40. The fourth-order valence-corrected chi connectivity index (χ4v) is 5.99. The van der Waals surface area contributed by atoms with Crippen molar-refractivity contribution >= 4 is 0 Å². The first-order chi connectivity index (χ1) is 9.81. The molecule has 2 nitrogen and oxygen atoms in total. The molecule has 2 saturated carbocycles. The Morgan fingerprint density at radius 2 is 1.33 bits per heavy atom. The monoisotopic (exact) mass is 283 g/mol. The van der Waals surface area contributed by atoms with Gasteiger partial charge in [0.25, 0.3) is 0 Å². The number of rotatable bonds is 0. The summed E-state index contributed by atoms with van der Waals surface area (Å²) in [6.07, 6.45) is 4.73. The Morgan fingerprint density at radius 1 is 0.905 bits per heavy atom. The van der Waals surface area contributed by atoms with E-state index in [2.05, 4.69) is 33.8 Å². The van der Waals surface area contributed by atoms with Gasteiger partial charge in [-0.15, -0.1) is 0 Å². The minimum Gasteiger partial charge on any atom is -0.618 e. The molecule has 0 amide bonds. The summed E-state index contributed by atoms with van der Waals surface area (Å²) in [6.45, 7) is 9.43. The van der Waals surface area contributed by atoms with Crippen LogP contribution in [0.25, 0.3) is 0 Å². The van der Waals surface area contributed by atoms with Gasteiger partial charge in [0.1, 0.15) is 0 Å². The van der Waals surface area contributed by atoms with E-state index in [0.29, 0.717) is 22.7 Å². The zero-order valence-corrected chi connectivity index (χ0v) is 13.6. The lowest BCUT2D eigenvalue weighted by Crippen LogP contribution is -2.59. The topological polar surface area (TPSA) is 26.9 Å². The van der Waals surface area contributed by atoms with Gasteiger partial charge in [0.2, 0.25) is 0 Å². The summed E-state index contributed by atoms with van der Waals surface area (Å²) >= 11 is 0. The van der Waals surface area contributed by atoms with Crippen molar-refractivity contribution in [3.8, 4) is 0 Å². The van der Waals surface area contributed by atoms with Crippen molar-refractivity contribution in [2.24, 2.45) is 22.7 Å². The van der Waals surface area contributed by atoms with E-state index in [1.165, 1.54) is 28.7 Å². The van der Waals surface area contributed by atoms with Crippen LogP contribution >= 0.6 is 0 Å². The molecule has 0 aliphatic heterocycles. The van der Waals surface area contributed by atoms with Crippen LogP contribution in [0.3, 0.4) is 0 Å². The fourth-order valence-electron chi connectivity index (χ4n) is 5.99. The van der Waals surface area contributed by atoms with E-state index in [4.69, 9.17) is 0 Å². The molecule has 0 unspecified atom stereocenters. The summed E-state index contributed by atoms with van der Waals surface area (Å²) in [5.74, 6) is 2.58. The molecule has 7 rings (SSSR count). The summed E-state index contributed by atoms with van der Waals surface area (Å²) in [6, 6.07) is 2.42. The maximum atomic E-state index is 13.2. The largest absolute Gasteiger partial charge is 0.618 e. The number of aromatic nitrogens is 1. The van der Waals surface area contributed by atoms with E-state index in [9.17, 15) is 5.21 Å². The van der Waals surface area contributed by atoms with E-state index >= 15 is 0 Å². The molecule has 4 atom stereocenters. The van der Waals surface area contributed by atoms with Crippen molar-refractivity contribution in [3.63, 3.8) is 0 Å². The summed E-state index contributed by atoms with van der Waals surface area (Å²) in [5.41, 5.74) is 5.70. The molecule has 2 fully saturated rings. The van der Waals surface area contributed by atoms with Crippen LogP contribution in [0.4, 0.5) is 0 Å². The third kappa shape index (κ3) is 1.21. The van der Waals surface area contributed by atoms with Crippen molar-refractivity contribution in [1.82, 2.24) is 0 Å². The van der Waals surface area contributed by atoms with Gasteiger partial charge in [-0.2, -0.15) is 4.73 Å². The Hall–Kier alpha value is -1.05. The van der Waals surface area contributed by atoms with Gasteiger partial charge in [-0.05, 0) is 54.4 Å². The molecule has 6 aliphatic rings. The summed E-state index contributed by atoms with van der Waals surface area (Å²) < 4.78 is 1.41. The predicted molar refractivity (Wildman–Crippen MR) is 82.1 cm³/mol. The second kappa shape index (κ2) is 3.31. The maximum Gasteiger partial charge on any atom is 0.199 e. The Balaban J connectivity index is 1.72. The quantitative estimate of drug-likeness (QED) is 0.527. The molecule has 0 aromatic carbocycles. The first-order valence-electron chi connectivity index (χ1n) is 8.60. The molecule has 0 saturated heterocycles. The van der Waals surface area contributed by atoms with Gasteiger partial charge in [0.05, 0.1) is 11.8 Å². The van der Waals surface area contributed by atoms with Gasteiger partial charge < -0.3 is 5.21 Å². The van der Waals surface area contributed by atoms with Crippen LogP contribution in [0.15, 0.2) is 6.07 Å². The zero-order chi connectivity index (χ0) is 14.7. The van der Waals surface area contributed by atoms with Crippen LogP contribution in [0.2, 0.25) is 0 Å². The molecule has 1 aromatic rings. The van der Waals surface area contributed by atoms with Crippen molar-refractivity contribution in [3.05, 3.63) is 33.8 Å². The lowest BCUT2D eigenvalue weighted by molar-refractivity contribution is -0.633. The van der Waals surface area contributed by atoms with E-state index in [1.807, 2.05) is 0 Å². The van der Waals surface area contributed by atoms with Gasteiger partial charge in [0, 0.05) is 11.1 Å². The van der Waals surface area contributed by atoms with Gasteiger partial charge in [-0.1, -0.05) is 27.7 Å². The highest BCUT2D eigenvalue weighted by Crippen LogP contribution is 2.64. The summed E-state index contributed by atoms with van der Waals surface area (Å²) in [4.78, 5) is 0. The summed E-state index contributed by atoms with van der Waals surface area (Å²) in [7, 11) is 0. The lowest BCUT2D eigenvalue weighted by Gasteiger charge is -2.57. The molecule has 1 heterocycles. The second-order valence-electron chi connectivity index (χ2n) is 9.28. The summed E-state index contributed by atoms with van der Waals surface area (Å²) in [5, 5.41) is 13.2. The van der Waals surface area contributed by atoms with Crippen molar-refractivity contribution in [2.75, 3.05) is 0 Å². The van der Waals surface area contributed by atoms with E-state index < -0.39 is 0 Å². The maximum absolute atomic E-state index is 13.2. The Bertz CT molecular complexity index is 618. The zero-order valence-electron chi connectivity index (χ0n) is 13.6. The third-order valence-corrected chi connectivity index (χ3v) is 7.98. The van der Waals surface area contributed by atoms with Crippen molar-refractivity contribution < 1.29 is 4.73 Å². The Morgan fingerprint density at radius 3 is 1.71 bits per heavy atom. The fraction of sp³-hybridized carbons (Fsp3) is 0.737. The van der Waals surface area contributed by atoms with E-state index in [-0.39, 0.29) is 0 Å². The number of hydrogen-bond donors (Lipinski definition) is 0. The normalized spacial score (nSPS) is 39.6. The highest BCUT2D eigenvalue weighted by atomic mass is 16.5. The Kier molecular flexibility index (Phi) is 1.97. The lowest BCUT2D eigenvalue weighted by atomic mass is 9.46. The first kappa shape index (κ1) is 12.5. The van der Waals surface area contributed by atoms with Crippen molar-refractivity contribution in [1.29, 1.82) is 0 Å². The standard InChI is InChI=1S/C19H25NO/c1-18(2)12-6-10-5-11-7-13-9-15(19(13,3)4)17(11)20(21)16(10)14(18)8-12/h5,12-15H,6-9H2,1-4H3/t12-,13-,14-,15-/m0/s1. The van der Waals surface area contributed by atoms with E-state index in [0.717, 1.165) is 36.1 Å². The van der Waals surface area contributed by atoms with Crippen LogP contribution in [-0.4, -0.2) is 0 Å².